The molecule has 1 heterocycles. The molecule has 0 unspecified atom stereocenters. The summed E-state index contributed by atoms with van der Waals surface area (Å²) in [6.07, 6.45) is 1.88. The molecule has 0 saturated heterocycles. The summed E-state index contributed by atoms with van der Waals surface area (Å²) in [5.41, 5.74) is 5.61. The molecule has 0 amide bonds. The molecule has 3 rings (SSSR count). The first-order valence-corrected chi connectivity index (χ1v) is 8.65. The Morgan fingerprint density at radius 3 is 2.58 bits per heavy atom. The van der Waals surface area contributed by atoms with E-state index < -0.39 is 0 Å². The lowest BCUT2D eigenvalue weighted by atomic mass is 10.2. The van der Waals surface area contributed by atoms with E-state index in [1.54, 1.807) is 13.0 Å². The fraction of sp³-hybridized carbons (Fsp3) is 0.182. The highest BCUT2D eigenvalue weighted by atomic mass is 16.5. The third-order valence-corrected chi connectivity index (χ3v) is 4.19. The lowest BCUT2D eigenvalue weighted by molar-refractivity contribution is 0.0526. The molecule has 3 aromatic rings. The summed E-state index contributed by atoms with van der Waals surface area (Å²) < 4.78 is 7.22. The van der Waals surface area contributed by atoms with Crippen LogP contribution in [0.1, 0.15) is 34.2 Å². The highest BCUT2D eigenvalue weighted by Crippen LogP contribution is 2.22. The number of carbonyl (C=O) groups is 1. The minimum absolute atomic E-state index is 0.303. The molecular weight excluding hydrogens is 324 g/mol. The third kappa shape index (κ3) is 3.75. The van der Waals surface area contributed by atoms with Gasteiger partial charge in [-0.3, -0.25) is 4.99 Å². The molecule has 0 atom stereocenters. The Bertz CT molecular complexity index is 940. The van der Waals surface area contributed by atoms with Crippen LogP contribution >= 0.6 is 0 Å². The number of hydrogen-bond acceptors (Lipinski definition) is 3. The standard InChI is InChI=1S/C22H22N2O2/c1-4-26-22(25)18-9-8-12-21(14-18)24-16(2)13-19(17(24)3)15-23-20-10-6-5-7-11-20/h5-15H,4H2,1-3H3. The van der Waals surface area contributed by atoms with E-state index in [2.05, 4.69) is 22.5 Å². The van der Waals surface area contributed by atoms with Crippen molar-refractivity contribution >= 4 is 17.9 Å². The van der Waals surface area contributed by atoms with Crippen molar-refractivity contribution in [2.45, 2.75) is 20.8 Å². The highest BCUT2D eigenvalue weighted by Gasteiger charge is 2.12. The molecule has 0 spiro atoms. The first kappa shape index (κ1) is 17.7. The molecule has 0 saturated carbocycles. The van der Waals surface area contributed by atoms with Crippen molar-refractivity contribution in [3.63, 3.8) is 0 Å². The van der Waals surface area contributed by atoms with Gasteiger partial charge < -0.3 is 9.30 Å². The smallest absolute Gasteiger partial charge is 0.338 e. The molecule has 0 fully saturated rings. The minimum Gasteiger partial charge on any atom is -0.462 e. The maximum atomic E-state index is 12.0. The molecule has 26 heavy (non-hydrogen) atoms. The first-order valence-electron chi connectivity index (χ1n) is 8.65. The zero-order valence-corrected chi connectivity index (χ0v) is 15.3. The van der Waals surface area contributed by atoms with Crippen molar-refractivity contribution < 1.29 is 9.53 Å². The van der Waals surface area contributed by atoms with E-state index in [1.165, 1.54) is 0 Å². The molecule has 0 aliphatic carbocycles. The van der Waals surface area contributed by atoms with Crippen molar-refractivity contribution in [3.05, 3.63) is 83.2 Å². The van der Waals surface area contributed by atoms with Gasteiger partial charge in [0.15, 0.2) is 0 Å². The maximum absolute atomic E-state index is 12.0. The summed E-state index contributed by atoms with van der Waals surface area (Å²) in [5, 5.41) is 0. The average Bonchev–Trinajstić information content (AvgIpc) is 2.94. The molecule has 4 nitrogen and oxygen atoms in total. The summed E-state index contributed by atoms with van der Waals surface area (Å²) in [4.78, 5) is 16.6. The van der Waals surface area contributed by atoms with Crippen LogP contribution in [-0.4, -0.2) is 23.4 Å². The van der Waals surface area contributed by atoms with Crippen LogP contribution in [0.5, 0.6) is 0 Å². The number of esters is 1. The molecular formula is C22H22N2O2. The van der Waals surface area contributed by atoms with E-state index in [9.17, 15) is 4.79 Å². The molecule has 4 heteroatoms. The number of aliphatic imine (C=N–C) groups is 1. The fourth-order valence-electron chi connectivity index (χ4n) is 2.96. The number of aromatic nitrogens is 1. The quantitative estimate of drug-likeness (QED) is 0.481. The third-order valence-electron chi connectivity index (χ3n) is 4.19. The molecule has 0 aliphatic rings. The topological polar surface area (TPSA) is 43.6 Å². The van der Waals surface area contributed by atoms with Crippen LogP contribution < -0.4 is 0 Å². The van der Waals surface area contributed by atoms with Gasteiger partial charge in [0.1, 0.15) is 0 Å². The lowest BCUT2D eigenvalue weighted by Gasteiger charge is -2.11. The number of hydrogen-bond donors (Lipinski definition) is 0. The van der Waals surface area contributed by atoms with Gasteiger partial charge in [0, 0.05) is 28.9 Å². The molecule has 0 N–H and O–H groups in total. The van der Waals surface area contributed by atoms with Crippen molar-refractivity contribution in [2.24, 2.45) is 4.99 Å². The van der Waals surface area contributed by atoms with Crippen molar-refractivity contribution in [1.29, 1.82) is 0 Å². The van der Waals surface area contributed by atoms with E-state index in [4.69, 9.17) is 4.74 Å². The Morgan fingerprint density at radius 2 is 1.85 bits per heavy atom. The van der Waals surface area contributed by atoms with Gasteiger partial charge in [-0.05, 0) is 57.2 Å². The number of carbonyl (C=O) groups excluding carboxylic acids is 1. The minimum atomic E-state index is -0.303. The summed E-state index contributed by atoms with van der Waals surface area (Å²) in [6.45, 7) is 6.27. The van der Waals surface area contributed by atoms with Crippen molar-refractivity contribution in [3.8, 4) is 5.69 Å². The van der Waals surface area contributed by atoms with E-state index in [0.717, 1.165) is 28.3 Å². The Hall–Kier alpha value is -3.14. The van der Waals surface area contributed by atoms with Crippen molar-refractivity contribution in [2.75, 3.05) is 6.61 Å². The van der Waals surface area contributed by atoms with Gasteiger partial charge in [-0.1, -0.05) is 24.3 Å². The molecule has 0 bridgehead atoms. The molecule has 0 aliphatic heterocycles. The number of rotatable bonds is 5. The highest BCUT2D eigenvalue weighted by molar-refractivity contribution is 5.90. The normalized spacial score (nSPS) is 11.0. The predicted octanol–water partition coefficient (Wildman–Crippen LogP) is 5.02. The summed E-state index contributed by atoms with van der Waals surface area (Å²) in [6, 6.07) is 19.4. The van der Waals surface area contributed by atoms with Gasteiger partial charge in [0.2, 0.25) is 0 Å². The number of aryl methyl sites for hydroxylation is 1. The monoisotopic (exact) mass is 346 g/mol. The lowest BCUT2D eigenvalue weighted by Crippen LogP contribution is -2.06. The predicted molar refractivity (Wildman–Crippen MR) is 105 cm³/mol. The van der Waals surface area contributed by atoms with E-state index in [1.807, 2.05) is 61.7 Å². The number of para-hydroxylation sites is 1. The van der Waals surface area contributed by atoms with E-state index in [-0.39, 0.29) is 5.97 Å². The summed E-state index contributed by atoms with van der Waals surface area (Å²) in [5.74, 6) is -0.303. The summed E-state index contributed by atoms with van der Waals surface area (Å²) >= 11 is 0. The van der Waals surface area contributed by atoms with Gasteiger partial charge in [-0.2, -0.15) is 0 Å². The van der Waals surface area contributed by atoms with Crippen LogP contribution in [0.3, 0.4) is 0 Å². The zero-order chi connectivity index (χ0) is 18.5. The second kappa shape index (κ2) is 7.83. The largest absolute Gasteiger partial charge is 0.462 e. The first-order chi connectivity index (χ1) is 12.6. The second-order valence-corrected chi connectivity index (χ2v) is 6.03. The van der Waals surface area contributed by atoms with Crippen LogP contribution in [0.2, 0.25) is 0 Å². The van der Waals surface area contributed by atoms with Gasteiger partial charge in [0.05, 0.1) is 17.9 Å². The Morgan fingerprint density at radius 1 is 1.08 bits per heavy atom. The van der Waals surface area contributed by atoms with Crippen LogP contribution in [0.25, 0.3) is 5.69 Å². The Labute approximate surface area is 153 Å². The zero-order valence-electron chi connectivity index (χ0n) is 15.3. The molecule has 2 aromatic carbocycles. The number of ether oxygens (including phenoxy) is 1. The Balaban J connectivity index is 1.95. The molecule has 132 valence electrons. The number of nitrogens with zero attached hydrogens (tertiary/aromatic N) is 2. The van der Waals surface area contributed by atoms with Gasteiger partial charge in [-0.15, -0.1) is 0 Å². The van der Waals surface area contributed by atoms with Gasteiger partial charge in [0.25, 0.3) is 0 Å². The SMILES string of the molecule is CCOC(=O)c1cccc(-n2c(C)cc(C=Nc3ccccc3)c2C)c1. The maximum Gasteiger partial charge on any atom is 0.338 e. The van der Waals surface area contributed by atoms with E-state index >= 15 is 0 Å². The average molecular weight is 346 g/mol. The van der Waals surface area contributed by atoms with E-state index in [0.29, 0.717) is 12.2 Å². The Kier molecular flexibility index (Phi) is 5.32. The van der Waals surface area contributed by atoms with Crippen LogP contribution in [0, 0.1) is 13.8 Å². The van der Waals surface area contributed by atoms with Crippen molar-refractivity contribution in [1.82, 2.24) is 4.57 Å². The number of benzene rings is 2. The second-order valence-electron chi connectivity index (χ2n) is 6.03. The van der Waals surface area contributed by atoms with Gasteiger partial charge in [-0.25, -0.2) is 4.79 Å². The van der Waals surface area contributed by atoms with Gasteiger partial charge >= 0.3 is 5.97 Å². The van der Waals surface area contributed by atoms with Crippen LogP contribution in [-0.2, 0) is 4.74 Å². The summed E-state index contributed by atoms with van der Waals surface area (Å²) in [7, 11) is 0. The molecule has 1 aromatic heterocycles. The molecule has 0 radical (unpaired) electrons. The van der Waals surface area contributed by atoms with Crippen LogP contribution in [0.15, 0.2) is 65.7 Å². The van der Waals surface area contributed by atoms with Crippen LogP contribution in [0.4, 0.5) is 5.69 Å². The fourth-order valence-corrected chi connectivity index (χ4v) is 2.96.